The van der Waals surface area contributed by atoms with Gasteiger partial charge >= 0.3 is 23.9 Å². The maximum Gasteiger partial charge on any atom is 0.326 e. The van der Waals surface area contributed by atoms with Gasteiger partial charge in [-0.1, -0.05) is 66.7 Å². The molecule has 84 heavy (non-hydrogen) atoms. The molecule has 0 aliphatic rings. The fourth-order valence-corrected chi connectivity index (χ4v) is 7.97. The van der Waals surface area contributed by atoms with E-state index >= 15 is 0 Å². The minimum Gasteiger partial charge on any atom is -0.508 e. The lowest BCUT2D eigenvalue weighted by molar-refractivity contribution is -0.144. The Bertz CT molecular complexity index is 2980. The second-order valence-electron chi connectivity index (χ2n) is 19.2. The number of phenolic OH excluding ortho intramolecular Hbond substituents is 3. The maximum atomic E-state index is 14.5. The normalized spacial score (nSPS) is 14.1. The van der Waals surface area contributed by atoms with Crippen LogP contribution in [0.3, 0.4) is 0 Å². The number of carbonyl (C=O) groups is 12. The molecule has 0 radical (unpaired) electrons. The van der Waals surface area contributed by atoms with Gasteiger partial charge in [0.2, 0.25) is 47.3 Å². The summed E-state index contributed by atoms with van der Waals surface area (Å²) in [6, 6.07) is 8.48. The first-order chi connectivity index (χ1) is 39.7. The van der Waals surface area contributed by atoms with Gasteiger partial charge in [0.15, 0.2) is 0 Å². The minimum absolute atomic E-state index is 0.120. The molecule has 0 aliphatic heterocycles. The molecule has 0 spiro atoms. The van der Waals surface area contributed by atoms with Crippen molar-refractivity contribution in [1.29, 1.82) is 0 Å². The summed E-state index contributed by atoms with van der Waals surface area (Å²) in [6.07, 6.45) is -4.45. The first-order valence-electron chi connectivity index (χ1n) is 25.8. The van der Waals surface area contributed by atoms with Crippen LogP contribution in [-0.2, 0) is 83.2 Å². The van der Waals surface area contributed by atoms with Crippen LogP contribution >= 0.6 is 0 Å². The van der Waals surface area contributed by atoms with E-state index in [-0.39, 0.29) is 48.5 Å². The Labute approximate surface area is 478 Å². The van der Waals surface area contributed by atoms with Crippen LogP contribution in [0.5, 0.6) is 17.2 Å². The van der Waals surface area contributed by atoms with E-state index in [1.807, 2.05) is 0 Å². The fourth-order valence-electron chi connectivity index (χ4n) is 7.97. The van der Waals surface area contributed by atoms with Crippen molar-refractivity contribution in [2.75, 3.05) is 6.61 Å². The van der Waals surface area contributed by atoms with E-state index in [1.54, 1.807) is 30.3 Å². The van der Waals surface area contributed by atoms with Gasteiger partial charge in [-0.05, 0) is 72.0 Å². The number of rotatable bonds is 33. The Morgan fingerprint density at radius 2 is 0.690 bits per heavy atom. The van der Waals surface area contributed by atoms with Crippen molar-refractivity contribution < 1.29 is 98.4 Å². The zero-order valence-corrected chi connectivity index (χ0v) is 44.9. The van der Waals surface area contributed by atoms with E-state index in [0.29, 0.717) is 16.7 Å². The number of carbonyl (C=O) groups excluding carboxylic acids is 8. The third-order valence-corrected chi connectivity index (χ3v) is 12.5. The SMILES string of the molecule is C[C@H](NC(=O)[C@H](Cc1ccc(O)cc1)NC(=O)[C@H](CC(=O)O)NC(=O)[C@H](CO)NC(=O)[C@@H](N)CCC(=O)O)C(=O)N[C@@H](Cc1ccc(O)cc1)C(=O)N[C@@H](Cc1ccccc1)C(=O)N[C@@H](CC(=O)O)C(=O)N[C@@H](Cc1ccc(O)cc1)C(=O)O. The van der Waals surface area contributed by atoms with Gasteiger partial charge in [0.05, 0.1) is 25.5 Å². The predicted octanol–water partition coefficient (Wildman–Crippen LogP) is -2.81. The van der Waals surface area contributed by atoms with E-state index < -0.39 is 158 Å². The number of hydrogen-bond acceptors (Lipinski definition) is 17. The molecule has 0 heterocycles. The van der Waals surface area contributed by atoms with Crippen LogP contribution in [0.1, 0.15) is 54.9 Å². The summed E-state index contributed by atoms with van der Waals surface area (Å²) in [5, 5.41) is 96.2. The molecule has 0 aromatic heterocycles. The van der Waals surface area contributed by atoms with Crippen molar-refractivity contribution in [2.24, 2.45) is 5.73 Å². The molecule has 0 bridgehead atoms. The number of aliphatic hydroxyl groups is 1. The lowest BCUT2D eigenvalue weighted by Gasteiger charge is -2.27. The number of nitrogens with one attached hydrogen (secondary N) is 8. The highest BCUT2D eigenvalue weighted by molar-refractivity contribution is 5.99. The van der Waals surface area contributed by atoms with Crippen molar-refractivity contribution in [3.8, 4) is 17.2 Å². The lowest BCUT2D eigenvalue weighted by Crippen LogP contribution is -2.61. The molecule has 0 saturated carbocycles. The Balaban J connectivity index is 1.60. The molecular weight excluding hydrogens is 1110 g/mol. The molecule has 0 aliphatic carbocycles. The van der Waals surface area contributed by atoms with Crippen molar-refractivity contribution in [2.45, 2.75) is 113 Å². The Morgan fingerprint density at radius 3 is 1.06 bits per heavy atom. The van der Waals surface area contributed by atoms with Crippen LogP contribution in [-0.4, -0.2) is 173 Å². The largest absolute Gasteiger partial charge is 0.508 e. The van der Waals surface area contributed by atoms with Crippen LogP contribution in [0, 0.1) is 0 Å². The fraction of sp³-hybridized carbons (Fsp3) is 0.345. The molecule has 29 heteroatoms. The molecule has 0 saturated heterocycles. The number of carboxylic acids is 4. The maximum absolute atomic E-state index is 14.5. The second-order valence-corrected chi connectivity index (χ2v) is 19.2. The van der Waals surface area contributed by atoms with Gasteiger partial charge in [-0.25, -0.2) is 4.79 Å². The molecule has 9 atom stereocenters. The smallest absolute Gasteiger partial charge is 0.326 e. The molecule has 4 aromatic carbocycles. The van der Waals surface area contributed by atoms with Gasteiger partial charge in [-0.15, -0.1) is 0 Å². The molecule has 8 amide bonds. The number of aliphatic hydroxyl groups excluding tert-OH is 1. The number of phenols is 3. The monoisotopic (exact) mass is 1170 g/mol. The van der Waals surface area contributed by atoms with Gasteiger partial charge in [0.25, 0.3) is 0 Å². The van der Waals surface area contributed by atoms with E-state index in [2.05, 4.69) is 42.5 Å². The number of carboxylic acid groups (broad SMARTS) is 4. The quantitative estimate of drug-likeness (QED) is 0.0229. The highest BCUT2D eigenvalue weighted by Gasteiger charge is 2.36. The summed E-state index contributed by atoms with van der Waals surface area (Å²) < 4.78 is 0. The first-order valence-corrected chi connectivity index (χ1v) is 25.8. The molecular formula is C55H65N9O20. The number of nitrogens with two attached hydrogens (primary N) is 1. The molecule has 4 aromatic rings. The highest BCUT2D eigenvalue weighted by atomic mass is 16.4. The topological polar surface area (TPSA) is 489 Å². The zero-order chi connectivity index (χ0) is 62.2. The van der Waals surface area contributed by atoms with Crippen LogP contribution in [0.15, 0.2) is 103 Å². The predicted molar refractivity (Wildman–Crippen MR) is 291 cm³/mol. The zero-order valence-electron chi connectivity index (χ0n) is 44.9. The molecule has 0 unspecified atom stereocenters. The average molecular weight is 1170 g/mol. The number of aliphatic carboxylic acids is 4. The van der Waals surface area contributed by atoms with Crippen LogP contribution in [0.25, 0.3) is 0 Å². The summed E-state index contributed by atoms with van der Waals surface area (Å²) >= 11 is 0. The molecule has 18 N–H and O–H groups in total. The van der Waals surface area contributed by atoms with Gasteiger partial charge in [0.1, 0.15) is 65.6 Å². The van der Waals surface area contributed by atoms with Gasteiger partial charge in [-0.2, -0.15) is 0 Å². The lowest BCUT2D eigenvalue weighted by atomic mass is 10.0. The highest BCUT2D eigenvalue weighted by Crippen LogP contribution is 2.16. The van der Waals surface area contributed by atoms with Crippen molar-refractivity contribution >= 4 is 71.1 Å². The summed E-state index contributed by atoms with van der Waals surface area (Å²) in [7, 11) is 0. The second kappa shape index (κ2) is 32.3. The van der Waals surface area contributed by atoms with Crippen molar-refractivity contribution in [3.05, 3.63) is 125 Å². The van der Waals surface area contributed by atoms with Crippen LogP contribution in [0.2, 0.25) is 0 Å². The summed E-state index contributed by atoms with van der Waals surface area (Å²) in [4.78, 5) is 157. The standard InChI is InChI=1S/C55H65N9O20/c1-28(57-49(77)37(22-30-7-13-33(66)14-8-30)59-52(80)40(25-45(71)72)62-54(82)43(27-65)64-48(76)36(56)19-20-44(69)70)47(75)58-38(23-31-9-15-34(67)16-10-31)50(78)60-39(21-29-5-3-2-4-6-29)51(79)61-41(26-46(73)74)53(81)63-42(55(83)84)24-32-11-17-35(68)18-12-32/h2-18,28,36-43,65-68H,19-27,56H2,1H3,(H,57,77)(H,58,75)(H,59,80)(H,60,78)(H,61,79)(H,62,82)(H,63,81)(H,64,76)(H,69,70)(H,71,72)(H,73,74)(H,83,84)/t28-,36-,37-,38-,39-,40-,41-,42-,43-/m0/s1. The van der Waals surface area contributed by atoms with Crippen molar-refractivity contribution in [1.82, 2.24) is 42.5 Å². The molecule has 4 rings (SSSR count). The Morgan fingerprint density at radius 1 is 0.381 bits per heavy atom. The number of aromatic hydroxyl groups is 3. The summed E-state index contributed by atoms with van der Waals surface area (Å²) in [6.45, 7) is 0.0707. The van der Waals surface area contributed by atoms with E-state index in [9.17, 15) is 93.3 Å². The molecule has 450 valence electrons. The van der Waals surface area contributed by atoms with E-state index in [0.717, 1.165) is 0 Å². The summed E-state index contributed by atoms with van der Waals surface area (Å²) in [5.74, 6) is -15.7. The molecule has 29 nitrogen and oxygen atoms in total. The summed E-state index contributed by atoms with van der Waals surface area (Å²) in [5.41, 5.74) is 7.12. The van der Waals surface area contributed by atoms with E-state index in [1.165, 1.54) is 79.7 Å². The van der Waals surface area contributed by atoms with Crippen LogP contribution < -0.4 is 48.3 Å². The number of hydrogen-bond donors (Lipinski definition) is 17. The van der Waals surface area contributed by atoms with Crippen molar-refractivity contribution in [3.63, 3.8) is 0 Å². The Hall–Kier alpha value is -10.2. The van der Waals surface area contributed by atoms with Gasteiger partial charge in [-0.3, -0.25) is 52.7 Å². The van der Waals surface area contributed by atoms with Crippen LogP contribution in [0.4, 0.5) is 0 Å². The van der Waals surface area contributed by atoms with E-state index in [4.69, 9.17) is 10.8 Å². The third kappa shape index (κ3) is 22.4. The number of amides is 8. The molecule has 0 fully saturated rings. The van der Waals surface area contributed by atoms with Gasteiger partial charge < -0.3 is 89.1 Å². The Kier molecular flexibility index (Phi) is 25.5. The minimum atomic E-state index is -2.00. The van der Waals surface area contributed by atoms with Gasteiger partial charge in [0, 0.05) is 32.1 Å². The average Bonchev–Trinajstić information content (AvgIpc) is 3.64. The number of benzene rings is 4. The first kappa shape index (κ1) is 66.4. The third-order valence-electron chi connectivity index (χ3n) is 12.5.